The van der Waals surface area contributed by atoms with E-state index in [1.807, 2.05) is 0 Å². The van der Waals surface area contributed by atoms with Crippen molar-refractivity contribution in [2.75, 3.05) is 13.2 Å². The largest absolute Gasteiger partial charge is 0.375 e. The maximum atomic E-state index is 11.7. The average Bonchev–Trinajstić information content (AvgIpc) is 2.58. The molecule has 16 heavy (non-hydrogen) atoms. The highest BCUT2D eigenvalue weighted by Gasteiger charge is 2.09. The summed E-state index contributed by atoms with van der Waals surface area (Å²) < 4.78 is 27.9. The van der Waals surface area contributed by atoms with E-state index in [4.69, 9.17) is 0 Å². The summed E-state index contributed by atoms with van der Waals surface area (Å²) in [5.74, 6) is 0.156. The van der Waals surface area contributed by atoms with Gasteiger partial charge < -0.3 is 4.74 Å². The van der Waals surface area contributed by atoms with Crippen LogP contribution >= 0.6 is 0 Å². The Morgan fingerprint density at radius 3 is 2.88 bits per heavy atom. The number of carbonyl (C=O) groups excluding carboxylic acids is 1. The van der Waals surface area contributed by atoms with Gasteiger partial charge in [0.2, 0.25) is 0 Å². The molecular formula is C8H12F2N4O2. The van der Waals surface area contributed by atoms with Crippen molar-refractivity contribution in [1.82, 2.24) is 20.2 Å². The van der Waals surface area contributed by atoms with Crippen molar-refractivity contribution < 1.29 is 18.3 Å². The van der Waals surface area contributed by atoms with Gasteiger partial charge in [-0.2, -0.15) is 4.80 Å². The maximum absolute atomic E-state index is 11.7. The topological polar surface area (TPSA) is 69.9 Å². The van der Waals surface area contributed by atoms with Gasteiger partial charge in [0.1, 0.15) is 12.4 Å². The molecule has 1 rings (SSSR count). The summed E-state index contributed by atoms with van der Waals surface area (Å²) >= 11 is 0. The predicted octanol–water partition coefficient (Wildman–Crippen LogP) is -0.00650. The molecule has 1 heterocycles. The smallest absolute Gasteiger partial charge is 0.261 e. The summed E-state index contributed by atoms with van der Waals surface area (Å²) in [6.07, 6.45) is -2.38. The minimum absolute atomic E-state index is 0.0105. The van der Waals surface area contributed by atoms with Crippen LogP contribution in [0.25, 0.3) is 0 Å². The fraction of sp³-hybridized carbons (Fsp3) is 0.750. The Bertz CT molecular complexity index is 343. The number of halogens is 2. The van der Waals surface area contributed by atoms with Gasteiger partial charge in [0.25, 0.3) is 6.43 Å². The lowest BCUT2D eigenvalue weighted by Crippen LogP contribution is -2.11. The van der Waals surface area contributed by atoms with E-state index >= 15 is 0 Å². The van der Waals surface area contributed by atoms with E-state index in [0.717, 1.165) is 0 Å². The van der Waals surface area contributed by atoms with Gasteiger partial charge in [-0.05, 0) is 5.21 Å². The Morgan fingerprint density at radius 2 is 2.31 bits per heavy atom. The number of carbonyl (C=O) groups is 1. The van der Waals surface area contributed by atoms with E-state index < -0.39 is 13.0 Å². The lowest BCUT2D eigenvalue weighted by atomic mass is 10.2. The first-order chi connectivity index (χ1) is 7.58. The second-order valence-electron chi connectivity index (χ2n) is 3.13. The molecule has 0 bridgehead atoms. The Balaban J connectivity index is 2.16. The van der Waals surface area contributed by atoms with Crippen LogP contribution in [0, 0.1) is 0 Å². The van der Waals surface area contributed by atoms with Gasteiger partial charge in [-0.3, -0.25) is 4.79 Å². The third kappa shape index (κ3) is 4.87. The number of hydrogen-bond donors (Lipinski definition) is 0. The van der Waals surface area contributed by atoms with E-state index in [9.17, 15) is 13.6 Å². The molecule has 0 saturated carbocycles. The van der Waals surface area contributed by atoms with Crippen LogP contribution in [0.4, 0.5) is 8.78 Å². The van der Waals surface area contributed by atoms with Crippen LogP contribution in [0.3, 0.4) is 0 Å². The van der Waals surface area contributed by atoms with Crippen molar-refractivity contribution >= 4 is 5.78 Å². The van der Waals surface area contributed by atoms with Crippen molar-refractivity contribution in [1.29, 1.82) is 0 Å². The van der Waals surface area contributed by atoms with Gasteiger partial charge >= 0.3 is 0 Å². The molecule has 0 radical (unpaired) electrons. The molecule has 8 heteroatoms. The maximum Gasteiger partial charge on any atom is 0.261 e. The van der Waals surface area contributed by atoms with Crippen LogP contribution in [-0.4, -0.2) is 45.6 Å². The third-order valence-corrected chi connectivity index (χ3v) is 1.67. The lowest BCUT2D eigenvalue weighted by molar-refractivity contribution is -0.120. The Kier molecular flexibility index (Phi) is 4.90. The van der Waals surface area contributed by atoms with Crippen LogP contribution < -0.4 is 0 Å². The summed E-state index contributed by atoms with van der Waals surface area (Å²) in [5, 5.41) is 11.0. The van der Waals surface area contributed by atoms with E-state index in [1.54, 1.807) is 7.05 Å². The number of tetrazole rings is 1. The van der Waals surface area contributed by atoms with Gasteiger partial charge in [-0.25, -0.2) is 8.78 Å². The first-order valence-corrected chi connectivity index (χ1v) is 4.68. The molecule has 0 spiro atoms. The van der Waals surface area contributed by atoms with E-state index in [-0.39, 0.29) is 25.2 Å². The van der Waals surface area contributed by atoms with Crippen LogP contribution in [-0.2, 0) is 23.0 Å². The van der Waals surface area contributed by atoms with Crippen LogP contribution in [0.2, 0.25) is 0 Å². The number of aromatic nitrogens is 4. The molecule has 0 aliphatic rings. The summed E-state index contributed by atoms with van der Waals surface area (Å²) in [6, 6.07) is 0. The van der Waals surface area contributed by atoms with E-state index in [2.05, 4.69) is 20.1 Å². The Morgan fingerprint density at radius 1 is 1.56 bits per heavy atom. The molecule has 0 aliphatic heterocycles. The summed E-state index contributed by atoms with van der Waals surface area (Å²) in [5.41, 5.74) is 0. The standard InChI is InChI=1S/C8H12F2N4O2/c1-14-12-8(11-13-14)4-6(15)2-3-16-5-7(9)10/h7H,2-5H2,1H3. The number of rotatable bonds is 7. The monoisotopic (exact) mass is 234 g/mol. The molecule has 1 aromatic rings. The molecule has 0 aromatic carbocycles. The normalized spacial score (nSPS) is 11.0. The van der Waals surface area contributed by atoms with Crippen molar-refractivity contribution in [2.24, 2.45) is 7.05 Å². The highest BCUT2D eigenvalue weighted by molar-refractivity contribution is 5.80. The zero-order valence-corrected chi connectivity index (χ0v) is 8.77. The number of Topliss-reactive ketones (excluding diaryl/α,β-unsaturated/α-hetero) is 1. The molecule has 0 N–H and O–H groups in total. The van der Waals surface area contributed by atoms with Gasteiger partial charge in [0.15, 0.2) is 5.82 Å². The number of aryl methyl sites for hydroxylation is 1. The van der Waals surface area contributed by atoms with Crippen molar-refractivity contribution in [3.8, 4) is 0 Å². The van der Waals surface area contributed by atoms with Gasteiger partial charge in [-0.15, -0.1) is 10.2 Å². The molecule has 0 unspecified atom stereocenters. The fourth-order valence-electron chi connectivity index (χ4n) is 1.02. The summed E-state index contributed by atoms with van der Waals surface area (Å²) in [4.78, 5) is 12.5. The molecule has 0 aliphatic carbocycles. The number of ether oxygens (including phenoxy) is 1. The number of ketones is 1. The number of alkyl halides is 2. The van der Waals surface area contributed by atoms with Gasteiger partial charge in [0.05, 0.1) is 20.1 Å². The summed E-state index contributed by atoms with van der Waals surface area (Å²) in [6.45, 7) is -0.653. The highest BCUT2D eigenvalue weighted by Crippen LogP contribution is 1.97. The van der Waals surface area contributed by atoms with Gasteiger partial charge in [0, 0.05) is 6.42 Å². The molecule has 6 nitrogen and oxygen atoms in total. The zero-order valence-electron chi connectivity index (χ0n) is 8.77. The minimum atomic E-state index is -2.50. The van der Waals surface area contributed by atoms with Crippen LogP contribution in [0.5, 0.6) is 0 Å². The first kappa shape index (κ1) is 12.6. The number of hydrogen-bond acceptors (Lipinski definition) is 5. The average molecular weight is 234 g/mol. The number of nitrogens with zero attached hydrogens (tertiary/aromatic N) is 4. The molecule has 1 aromatic heterocycles. The van der Waals surface area contributed by atoms with E-state index in [1.165, 1.54) is 4.80 Å². The van der Waals surface area contributed by atoms with Gasteiger partial charge in [-0.1, -0.05) is 0 Å². The second kappa shape index (κ2) is 6.21. The zero-order chi connectivity index (χ0) is 12.0. The lowest BCUT2D eigenvalue weighted by Gasteiger charge is -2.01. The first-order valence-electron chi connectivity index (χ1n) is 4.68. The predicted molar refractivity (Wildman–Crippen MR) is 48.9 cm³/mol. The van der Waals surface area contributed by atoms with Crippen molar-refractivity contribution in [3.63, 3.8) is 0 Å². The molecule has 0 fully saturated rings. The molecule has 0 amide bonds. The fourth-order valence-corrected chi connectivity index (χ4v) is 1.02. The molecule has 90 valence electrons. The second-order valence-corrected chi connectivity index (χ2v) is 3.13. The van der Waals surface area contributed by atoms with Crippen molar-refractivity contribution in [3.05, 3.63) is 5.82 Å². The van der Waals surface area contributed by atoms with E-state index in [0.29, 0.717) is 5.82 Å². The highest BCUT2D eigenvalue weighted by atomic mass is 19.3. The third-order valence-electron chi connectivity index (χ3n) is 1.67. The minimum Gasteiger partial charge on any atom is -0.375 e. The quantitative estimate of drug-likeness (QED) is 0.621. The summed E-state index contributed by atoms with van der Waals surface area (Å²) in [7, 11) is 1.59. The Hall–Kier alpha value is -1.44. The molecular weight excluding hydrogens is 222 g/mol. The SMILES string of the molecule is Cn1nnc(CC(=O)CCOCC(F)F)n1. The van der Waals surface area contributed by atoms with Crippen LogP contribution in [0.15, 0.2) is 0 Å². The van der Waals surface area contributed by atoms with Crippen molar-refractivity contribution in [2.45, 2.75) is 19.3 Å². The molecule has 0 saturated heterocycles. The van der Waals surface area contributed by atoms with Crippen LogP contribution in [0.1, 0.15) is 12.2 Å². The Labute approximate surface area is 90.6 Å². The molecule has 0 atom stereocenters.